The molecule has 0 N–H and O–H groups in total. The van der Waals surface area contributed by atoms with E-state index in [-0.39, 0.29) is 0 Å². The van der Waals surface area contributed by atoms with E-state index >= 15 is 0 Å². The zero-order valence-electron chi connectivity index (χ0n) is 7.17. The van der Waals surface area contributed by atoms with E-state index in [1.165, 1.54) is 12.8 Å². The first-order valence-electron chi connectivity index (χ1n) is 4.42. The average molecular weight is 139 g/mol. The molecule has 0 radical (unpaired) electrons. The summed E-state index contributed by atoms with van der Waals surface area (Å²) in [6, 6.07) is 1.87. The van der Waals surface area contributed by atoms with E-state index in [9.17, 15) is 0 Å². The molecule has 1 saturated heterocycles. The van der Waals surface area contributed by atoms with E-state index in [4.69, 9.17) is 0 Å². The lowest BCUT2D eigenvalue weighted by molar-refractivity contribution is 0.215. The van der Waals surface area contributed by atoms with E-state index in [1.807, 2.05) is 0 Å². The lowest BCUT2D eigenvalue weighted by atomic mass is 10.0. The quantitative estimate of drug-likeness (QED) is 0.535. The summed E-state index contributed by atoms with van der Waals surface area (Å²) in [5.74, 6) is 1.94. The molecule has 1 aliphatic heterocycles. The highest BCUT2D eigenvalue weighted by atomic mass is 15.2. The van der Waals surface area contributed by atoms with Crippen molar-refractivity contribution in [1.29, 1.82) is 0 Å². The second kappa shape index (κ2) is 1.97. The van der Waals surface area contributed by atoms with Gasteiger partial charge in [0.25, 0.3) is 0 Å². The molecule has 2 aliphatic rings. The first-order valence-corrected chi connectivity index (χ1v) is 4.42. The molecule has 0 amide bonds. The molecular weight excluding hydrogens is 122 g/mol. The standard InChI is InChI=1S/C9H17N/c1-6(2)8-4-7-5-9(7)10(8)3/h6-9H,4-5H2,1-3H3/t7?,8-,9?/m0/s1. The zero-order chi connectivity index (χ0) is 7.30. The maximum Gasteiger partial charge on any atom is 0.0128 e. The second-order valence-electron chi connectivity index (χ2n) is 4.28. The fourth-order valence-corrected chi connectivity index (χ4v) is 2.45. The maximum atomic E-state index is 2.59. The molecule has 2 rings (SSSR count). The molecule has 58 valence electrons. The van der Waals surface area contributed by atoms with Crippen LogP contribution in [0.2, 0.25) is 0 Å². The highest BCUT2D eigenvalue weighted by Gasteiger charge is 2.50. The van der Waals surface area contributed by atoms with Crippen LogP contribution in [-0.4, -0.2) is 24.0 Å². The van der Waals surface area contributed by atoms with Crippen LogP contribution in [0.5, 0.6) is 0 Å². The van der Waals surface area contributed by atoms with E-state index in [0.717, 1.165) is 23.9 Å². The highest BCUT2D eigenvalue weighted by molar-refractivity contribution is 5.04. The maximum absolute atomic E-state index is 2.59. The molecular formula is C9H17N. The van der Waals surface area contributed by atoms with Crippen LogP contribution in [0.25, 0.3) is 0 Å². The highest BCUT2D eigenvalue weighted by Crippen LogP contribution is 2.48. The van der Waals surface area contributed by atoms with Crippen molar-refractivity contribution < 1.29 is 0 Å². The molecule has 2 fully saturated rings. The summed E-state index contributed by atoms with van der Waals surface area (Å²) in [6.07, 6.45) is 2.96. The van der Waals surface area contributed by atoms with E-state index in [0.29, 0.717) is 0 Å². The third-order valence-corrected chi connectivity index (χ3v) is 3.25. The van der Waals surface area contributed by atoms with Crippen LogP contribution in [0.4, 0.5) is 0 Å². The van der Waals surface area contributed by atoms with Crippen LogP contribution in [0, 0.1) is 11.8 Å². The van der Waals surface area contributed by atoms with Crippen LogP contribution in [0.1, 0.15) is 26.7 Å². The van der Waals surface area contributed by atoms with E-state index in [1.54, 1.807) is 0 Å². The van der Waals surface area contributed by atoms with Crippen molar-refractivity contribution >= 4 is 0 Å². The van der Waals surface area contributed by atoms with E-state index < -0.39 is 0 Å². The third kappa shape index (κ3) is 0.800. The Hall–Kier alpha value is -0.0400. The molecule has 0 spiro atoms. The molecule has 2 unspecified atom stereocenters. The number of fused-ring (bicyclic) bond motifs is 1. The molecule has 0 aromatic carbocycles. The number of likely N-dealkylation sites (tertiary alicyclic amines) is 1. The summed E-state index contributed by atoms with van der Waals surface area (Å²) < 4.78 is 0. The third-order valence-electron chi connectivity index (χ3n) is 3.25. The Morgan fingerprint density at radius 3 is 2.30 bits per heavy atom. The van der Waals surface area contributed by atoms with Gasteiger partial charge in [0.1, 0.15) is 0 Å². The average Bonchev–Trinajstić information content (AvgIpc) is 2.54. The van der Waals surface area contributed by atoms with Gasteiger partial charge in [-0.1, -0.05) is 13.8 Å². The van der Waals surface area contributed by atoms with Crippen LogP contribution < -0.4 is 0 Å². The van der Waals surface area contributed by atoms with Crippen molar-refractivity contribution in [2.24, 2.45) is 11.8 Å². The van der Waals surface area contributed by atoms with Crippen molar-refractivity contribution in [2.75, 3.05) is 7.05 Å². The van der Waals surface area contributed by atoms with Gasteiger partial charge in [-0.2, -0.15) is 0 Å². The lowest BCUT2D eigenvalue weighted by Gasteiger charge is -2.26. The smallest absolute Gasteiger partial charge is 0.0128 e. The topological polar surface area (TPSA) is 3.24 Å². The van der Waals surface area contributed by atoms with Gasteiger partial charge < -0.3 is 0 Å². The number of hydrogen-bond donors (Lipinski definition) is 0. The Morgan fingerprint density at radius 2 is 2.00 bits per heavy atom. The summed E-state index contributed by atoms with van der Waals surface area (Å²) in [5, 5.41) is 0. The van der Waals surface area contributed by atoms with Crippen LogP contribution in [-0.2, 0) is 0 Å². The molecule has 1 saturated carbocycles. The summed E-state index contributed by atoms with van der Waals surface area (Å²) in [6.45, 7) is 4.68. The summed E-state index contributed by atoms with van der Waals surface area (Å²) in [5.41, 5.74) is 0. The molecule has 0 aromatic rings. The van der Waals surface area contributed by atoms with Gasteiger partial charge in [-0.3, -0.25) is 4.90 Å². The Kier molecular flexibility index (Phi) is 1.31. The van der Waals surface area contributed by atoms with Crippen molar-refractivity contribution in [3.63, 3.8) is 0 Å². The van der Waals surface area contributed by atoms with Gasteiger partial charge >= 0.3 is 0 Å². The van der Waals surface area contributed by atoms with Crippen molar-refractivity contribution in [3.05, 3.63) is 0 Å². The largest absolute Gasteiger partial charge is 0.300 e. The van der Waals surface area contributed by atoms with Gasteiger partial charge in [0.15, 0.2) is 0 Å². The number of rotatable bonds is 1. The van der Waals surface area contributed by atoms with Crippen LogP contribution >= 0.6 is 0 Å². The van der Waals surface area contributed by atoms with Gasteiger partial charge in [0, 0.05) is 12.1 Å². The molecule has 1 heteroatoms. The molecule has 1 nitrogen and oxygen atoms in total. The molecule has 3 atom stereocenters. The second-order valence-corrected chi connectivity index (χ2v) is 4.28. The Bertz CT molecular complexity index is 142. The first kappa shape index (κ1) is 6.66. The molecule has 1 heterocycles. The summed E-state index contributed by atoms with van der Waals surface area (Å²) >= 11 is 0. The number of nitrogens with zero attached hydrogens (tertiary/aromatic N) is 1. The SMILES string of the molecule is CC(C)[C@@H]1CC2CC2N1C. The van der Waals surface area contributed by atoms with Crippen molar-refractivity contribution in [1.82, 2.24) is 4.90 Å². The Balaban J connectivity index is 2.00. The summed E-state index contributed by atoms with van der Waals surface area (Å²) in [4.78, 5) is 2.59. The van der Waals surface area contributed by atoms with Gasteiger partial charge in [-0.25, -0.2) is 0 Å². The van der Waals surface area contributed by atoms with Crippen LogP contribution in [0.3, 0.4) is 0 Å². The minimum Gasteiger partial charge on any atom is -0.300 e. The van der Waals surface area contributed by atoms with Crippen LogP contribution in [0.15, 0.2) is 0 Å². The number of hydrogen-bond acceptors (Lipinski definition) is 1. The van der Waals surface area contributed by atoms with E-state index in [2.05, 4.69) is 25.8 Å². The summed E-state index contributed by atoms with van der Waals surface area (Å²) in [7, 11) is 2.29. The molecule has 10 heavy (non-hydrogen) atoms. The lowest BCUT2D eigenvalue weighted by Crippen LogP contribution is -2.32. The Labute approximate surface area is 63.4 Å². The number of piperidine rings is 1. The van der Waals surface area contributed by atoms with Crippen molar-refractivity contribution in [3.8, 4) is 0 Å². The fraction of sp³-hybridized carbons (Fsp3) is 1.00. The normalized spacial score (nSPS) is 46.2. The van der Waals surface area contributed by atoms with Gasteiger partial charge in [-0.15, -0.1) is 0 Å². The fourth-order valence-electron chi connectivity index (χ4n) is 2.45. The minimum atomic E-state index is 0.859. The predicted octanol–water partition coefficient (Wildman–Crippen LogP) is 1.74. The first-order chi connectivity index (χ1) is 4.70. The van der Waals surface area contributed by atoms with Gasteiger partial charge in [-0.05, 0) is 31.7 Å². The molecule has 0 aromatic heterocycles. The monoisotopic (exact) mass is 139 g/mol. The van der Waals surface area contributed by atoms with Crippen molar-refractivity contribution in [2.45, 2.75) is 38.8 Å². The predicted molar refractivity (Wildman–Crippen MR) is 42.9 cm³/mol. The molecule has 0 bridgehead atoms. The van der Waals surface area contributed by atoms with Gasteiger partial charge in [0.05, 0.1) is 0 Å². The van der Waals surface area contributed by atoms with Gasteiger partial charge in [0.2, 0.25) is 0 Å². The molecule has 1 aliphatic carbocycles. The minimum absolute atomic E-state index is 0.859. The zero-order valence-corrected chi connectivity index (χ0v) is 7.17. The Morgan fingerprint density at radius 1 is 1.30 bits per heavy atom.